The normalized spacial score (nSPS) is 12.6. The third-order valence-electron chi connectivity index (χ3n) is 4.15. The summed E-state index contributed by atoms with van der Waals surface area (Å²) in [7, 11) is 0. The Hall–Kier alpha value is -3.06. The van der Waals surface area contributed by atoms with Gasteiger partial charge in [0.05, 0.1) is 11.7 Å². The highest BCUT2D eigenvalue weighted by atomic mass is 19.4. The van der Waals surface area contributed by atoms with Crippen molar-refractivity contribution in [2.45, 2.75) is 25.8 Å². The van der Waals surface area contributed by atoms with Crippen LogP contribution in [0, 0.1) is 6.92 Å². The minimum absolute atomic E-state index is 0.0821. The first kappa shape index (κ1) is 19.7. The van der Waals surface area contributed by atoms with Gasteiger partial charge in [-0.15, -0.1) is 6.58 Å². The molecular weight excluding hydrogens is 371 g/mol. The van der Waals surface area contributed by atoms with E-state index in [1.807, 2.05) is 30.3 Å². The lowest BCUT2D eigenvalue weighted by molar-refractivity contribution is -0.139. The number of nitrogens with zero attached hydrogens (tertiary/aromatic N) is 1. The standard InChI is InChI=1S/C21H18F3NO3/c1-3-18(26)15-9-10-19(16(11-15)21(22,23)24)27-12-17-13(2)28-20(25-17)14-7-5-4-6-8-14/h3-11,18,26H,1,12H2,2H3. The van der Waals surface area contributed by atoms with Gasteiger partial charge in [-0.25, -0.2) is 4.98 Å². The van der Waals surface area contributed by atoms with E-state index >= 15 is 0 Å². The quantitative estimate of drug-likeness (QED) is 0.568. The first-order chi connectivity index (χ1) is 13.3. The summed E-state index contributed by atoms with van der Waals surface area (Å²) in [6, 6.07) is 12.6. The smallest absolute Gasteiger partial charge is 0.419 e. The molecule has 2 aromatic carbocycles. The highest BCUT2D eigenvalue weighted by Gasteiger charge is 2.35. The average molecular weight is 389 g/mol. The Morgan fingerprint density at radius 3 is 2.57 bits per heavy atom. The Balaban J connectivity index is 1.85. The fourth-order valence-electron chi connectivity index (χ4n) is 2.63. The molecule has 0 fully saturated rings. The zero-order valence-electron chi connectivity index (χ0n) is 15.0. The van der Waals surface area contributed by atoms with Crippen LogP contribution in [0.4, 0.5) is 13.2 Å². The van der Waals surface area contributed by atoms with Crippen molar-refractivity contribution in [3.63, 3.8) is 0 Å². The number of oxazole rings is 1. The van der Waals surface area contributed by atoms with Gasteiger partial charge in [-0.1, -0.05) is 30.3 Å². The van der Waals surface area contributed by atoms with E-state index in [4.69, 9.17) is 9.15 Å². The van der Waals surface area contributed by atoms with Crippen LogP contribution in [-0.2, 0) is 12.8 Å². The second-order valence-corrected chi connectivity index (χ2v) is 6.11. The Bertz CT molecular complexity index is 965. The van der Waals surface area contributed by atoms with Crippen molar-refractivity contribution in [2.75, 3.05) is 0 Å². The SMILES string of the molecule is C=CC(O)c1ccc(OCc2nc(-c3ccccc3)oc2C)c(C(F)(F)F)c1. The highest BCUT2D eigenvalue weighted by molar-refractivity contribution is 5.53. The summed E-state index contributed by atoms with van der Waals surface area (Å²) >= 11 is 0. The molecular formula is C21H18F3NO3. The van der Waals surface area contributed by atoms with Gasteiger partial charge in [0.2, 0.25) is 5.89 Å². The van der Waals surface area contributed by atoms with E-state index < -0.39 is 17.8 Å². The number of rotatable bonds is 6. The van der Waals surface area contributed by atoms with Crippen molar-refractivity contribution >= 4 is 0 Å². The zero-order chi connectivity index (χ0) is 20.3. The lowest BCUT2D eigenvalue weighted by Crippen LogP contribution is -2.10. The number of aryl methyl sites for hydroxylation is 1. The van der Waals surface area contributed by atoms with E-state index in [2.05, 4.69) is 11.6 Å². The molecule has 1 heterocycles. The van der Waals surface area contributed by atoms with Crippen LogP contribution in [0.1, 0.15) is 28.7 Å². The van der Waals surface area contributed by atoms with Gasteiger partial charge in [-0.3, -0.25) is 0 Å². The van der Waals surface area contributed by atoms with Crippen molar-refractivity contribution in [3.8, 4) is 17.2 Å². The molecule has 4 nitrogen and oxygen atoms in total. The second-order valence-electron chi connectivity index (χ2n) is 6.11. The van der Waals surface area contributed by atoms with Crippen molar-refractivity contribution in [3.05, 3.63) is 83.8 Å². The maximum Gasteiger partial charge on any atom is 0.419 e. The number of ether oxygens (including phenoxy) is 1. The molecule has 7 heteroatoms. The van der Waals surface area contributed by atoms with Gasteiger partial charge in [-0.05, 0) is 36.8 Å². The number of aliphatic hydroxyl groups is 1. The average Bonchev–Trinajstić information content (AvgIpc) is 3.06. The summed E-state index contributed by atoms with van der Waals surface area (Å²) in [4.78, 5) is 4.32. The predicted molar refractivity (Wildman–Crippen MR) is 97.6 cm³/mol. The molecule has 28 heavy (non-hydrogen) atoms. The fourth-order valence-corrected chi connectivity index (χ4v) is 2.63. The van der Waals surface area contributed by atoms with Crippen LogP contribution in [0.2, 0.25) is 0 Å². The Labute approximate surface area is 159 Å². The summed E-state index contributed by atoms with van der Waals surface area (Å²) in [5.74, 6) is 0.486. The highest BCUT2D eigenvalue weighted by Crippen LogP contribution is 2.38. The Kier molecular flexibility index (Phi) is 5.56. The predicted octanol–water partition coefficient (Wildman–Crippen LogP) is 5.47. The second kappa shape index (κ2) is 7.90. The molecule has 1 aromatic heterocycles. The molecule has 146 valence electrons. The van der Waals surface area contributed by atoms with E-state index in [1.165, 1.54) is 12.1 Å². The van der Waals surface area contributed by atoms with E-state index in [0.717, 1.165) is 17.7 Å². The van der Waals surface area contributed by atoms with Gasteiger partial charge in [0.1, 0.15) is 23.8 Å². The molecule has 0 saturated carbocycles. The molecule has 0 amide bonds. The molecule has 0 radical (unpaired) electrons. The van der Waals surface area contributed by atoms with Crippen LogP contribution in [0.5, 0.6) is 5.75 Å². The lowest BCUT2D eigenvalue weighted by Gasteiger charge is -2.16. The van der Waals surface area contributed by atoms with Crippen LogP contribution >= 0.6 is 0 Å². The van der Waals surface area contributed by atoms with Gasteiger partial charge in [0, 0.05) is 5.56 Å². The molecule has 0 bridgehead atoms. The molecule has 0 aliphatic rings. The van der Waals surface area contributed by atoms with Crippen LogP contribution < -0.4 is 4.74 Å². The first-order valence-corrected chi connectivity index (χ1v) is 8.46. The number of aliphatic hydroxyl groups excluding tert-OH is 1. The lowest BCUT2D eigenvalue weighted by atomic mass is 10.0. The number of hydrogen-bond acceptors (Lipinski definition) is 4. The third kappa shape index (κ3) is 4.26. The van der Waals surface area contributed by atoms with E-state index in [9.17, 15) is 18.3 Å². The van der Waals surface area contributed by atoms with Crippen LogP contribution in [0.25, 0.3) is 11.5 Å². The maximum absolute atomic E-state index is 13.4. The Morgan fingerprint density at radius 2 is 1.93 bits per heavy atom. The van der Waals surface area contributed by atoms with Gasteiger partial charge in [0.15, 0.2) is 0 Å². The van der Waals surface area contributed by atoms with Gasteiger partial charge < -0.3 is 14.3 Å². The molecule has 0 aliphatic heterocycles. The van der Waals surface area contributed by atoms with Crippen molar-refractivity contribution in [1.82, 2.24) is 4.98 Å². The molecule has 0 spiro atoms. The summed E-state index contributed by atoms with van der Waals surface area (Å²) < 4.78 is 51.2. The van der Waals surface area contributed by atoms with Gasteiger partial charge >= 0.3 is 6.18 Å². The Morgan fingerprint density at radius 1 is 1.21 bits per heavy atom. The third-order valence-corrected chi connectivity index (χ3v) is 4.15. The first-order valence-electron chi connectivity index (χ1n) is 8.46. The summed E-state index contributed by atoms with van der Waals surface area (Å²) in [6.45, 7) is 4.87. The summed E-state index contributed by atoms with van der Waals surface area (Å²) in [5, 5.41) is 9.72. The maximum atomic E-state index is 13.4. The number of benzene rings is 2. The zero-order valence-corrected chi connectivity index (χ0v) is 15.0. The van der Waals surface area contributed by atoms with Crippen molar-refractivity contribution < 1.29 is 27.4 Å². The summed E-state index contributed by atoms with van der Waals surface area (Å²) in [5.41, 5.74) is 0.270. The van der Waals surface area contributed by atoms with Crippen LogP contribution in [0.3, 0.4) is 0 Å². The van der Waals surface area contributed by atoms with Gasteiger partial charge in [-0.2, -0.15) is 13.2 Å². The van der Waals surface area contributed by atoms with E-state index in [1.54, 1.807) is 6.92 Å². The monoisotopic (exact) mass is 389 g/mol. The molecule has 1 N–H and O–H groups in total. The molecule has 3 aromatic rings. The minimum atomic E-state index is -4.64. The van der Waals surface area contributed by atoms with Gasteiger partial charge in [0.25, 0.3) is 0 Å². The topological polar surface area (TPSA) is 55.5 Å². The number of hydrogen-bond donors (Lipinski definition) is 1. The molecule has 3 rings (SSSR count). The molecule has 1 unspecified atom stereocenters. The summed E-state index contributed by atoms with van der Waals surface area (Å²) in [6.07, 6.45) is -4.68. The van der Waals surface area contributed by atoms with Crippen molar-refractivity contribution in [1.29, 1.82) is 0 Å². The van der Waals surface area contributed by atoms with Crippen LogP contribution in [-0.4, -0.2) is 10.1 Å². The molecule has 0 saturated heterocycles. The molecule has 1 atom stereocenters. The van der Waals surface area contributed by atoms with Crippen LogP contribution in [0.15, 0.2) is 65.6 Å². The number of halogens is 3. The number of aromatic nitrogens is 1. The fraction of sp³-hybridized carbons (Fsp3) is 0.190. The minimum Gasteiger partial charge on any atom is -0.487 e. The number of alkyl halides is 3. The van der Waals surface area contributed by atoms with E-state index in [0.29, 0.717) is 17.3 Å². The molecule has 0 aliphatic carbocycles. The largest absolute Gasteiger partial charge is 0.487 e. The van der Waals surface area contributed by atoms with Crippen molar-refractivity contribution in [2.24, 2.45) is 0 Å². The van der Waals surface area contributed by atoms with E-state index in [-0.39, 0.29) is 17.9 Å².